The number of benzene rings is 1. The maximum absolute atomic E-state index is 13.4. The lowest BCUT2D eigenvalue weighted by molar-refractivity contribution is 0.320. The Morgan fingerprint density at radius 3 is 2.80 bits per heavy atom. The van der Waals surface area contributed by atoms with Crippen LogP contribution in [0.1, 0.15) is 12.7 Å². The highest BCUT2D eigenvalue weighted by Gasteiger charge is 2.17. The van der Waals surface area contributed by atoms with Crippen molar-refractivity contribution in [2.45, 2.75) is 18.4 Å². The molecular weight excluding hydrogens is 285 g/mol. The van der Waals surface area contributed by atoms with Gasteiger partial charge >= 0.3 is 0 Å². The van der Waals surface area contributed by atoms with E-state index in [2.05, 4.69) is 4.72 Å². The highest BCUT2D eigenvalue weighted by Crippen LogP contribution is 2.21. The molecule has 0 amide bonds. The molecule has 0 atom stereocenters. The summed E-state index contributed by atoms with van der Waals surface area (Å²) in [4.78, 5) is -0.0612. The SMILES string of the molecule is CCOc1cc(S(=O)(=O)NCc2ccco2)ccc1F. The Labute approximate surface area is 116 Å². The smallest absolute Gasteiger partial charge is 0.241 e. The zero-order chi connectivity index (χ0) is 14.6. The molecule has 0 aliphatic heterocycles. The van der Waals surface area contributed by atoms with Gasteiger partial charge in [0.05, 0.1) is 24.3 Å². The first kappa shape index (κ1) is 14.5. The number of hydrogen-bond acceptors (Lipinski definition) is 4. The Morgan fingerprint density at radius 2 is 2.15 bits per heavy atom. The van der Waals surface area contributed by atoms with E-state index >= 15 is 0 Å². The molecule has 7 heteroatoms. The second-order valence-electron chi connectivity index (χ2n) is 3.93. The summed E-state index contributed by atoms with van der Waals surface area (Å²) in [6, 6.07) is 6.71. The summed E-state index contributed by atoms with van der Waals surface area (Å²) < 4.78 is 50.0. The van der Waals surface area contributed by atoms with Crippen LogP contribution in [-0.2, 0) is 16.6 Å². The van der Waals surface area contributed by atoms with Gasteiger partial charge in [-0.05, 0) is 31.2 Å². The molecule has 1 aromatic heterocycles. The van der Waals surface area contributed by atoms with Gasteiger partial charge in [0.2, 0.25) is 10.0 Å². The van der Waals surface area contributed by atoms with E-state index in [9.17, 15) is 12.8 Å². The fourth-order valence-electron chi connectivity index (χ4n) is 1.58. The molecule has 5 nitrogen and oxygen atoms in total. The number of rotatable bonds is 6. The van der Waals surface area contributed by atoms with E-state index in [4.69, 9.17) is 9.15 Å². The van der Waals surface area contributed by atoms with Crippen LogP contribution in [-0.4, -0.2) is 15.0 Å². The monoisotopic (exact) mass is 299 g/mol. The molecule has 0 aliphatic rings. The van der Waals surface area contributed by atoms with Crippen molar-refractivity contribution >= 4 is 10.0 Å². The fourth-order valence-corrected chi connectivity index (χ4v) is 2.59. The molecule has 0 saturated heterocycles. The van der Waals surface area contributed by atoms with Gasteiger partial charge in [0.1, 0.15) is 5.76 Å². The molecule has 0 radical (unpaired) electrons. The summed E-state index contributed by atoms with van der Waals surface area (Å²) >= 11 is 0. The van der Waals surface area contributed by atoms with Crippen LogP contribution < -0.4 is 9.46 Å². The maximum atomic E-state index is 13.4. The standard InChI is InChI=1S/C13H14FNO4S/c1-2-18-13-8-11(5-6-12(13)14)20(16,17)15-9-10-4-3-7-19-10/h3-8,15H,2,9H2,1H3. The van der Waals surface area contributed by atoms with Crippen molar-refractivity contribution in [2.24, 2.45) is 0 Å². The van der Waals surface area contributed by atoms with Crippen molar-refractivity contribution in [3.8, 4) is 5.75 Å². The number of nitrogens with one attached hydrogen (secondary N) is 1. The number of ether oxygens (including phenoxy) is 1. The van der Waals surface area contributed by atoms with Crippen LogP contribution in [0.5, 0.6) is 5.75 Å². The van der Waals surface area contributed by atoms with Gasteiger partial charge in [-0.1, -0.05) is 0 Å². The Hall–Kier alpha value is -1.86. The van der Waals surface area contributed by atoms with Crippen LogP contribution in [0.3, 0.4) is 0 Å². The summed E-state index contributed by atoms with van der Waals surface area (Å²) in [6.07, 6.45) is 1.45. The molecule has 0 bridgehead atoms. The minimum atomic E-state index is -3.75. The van der Waals surface area contributed by atoms with Crippen molar-refractivity contribution in [1.29, 1.82) is 0 Å². The Kier molecular flexibility index (Phi) is 4.41. The van der Waals surface area contributed by atoms with E-state index in [1.807, 2.05) is 0 Å². The third kappa shape index (κ3) is 3.37. The van der Waals surface area contributed by atoms with Gasteiger partial charge in [-0.3, -0.25) is 0 Å². The zero-order valence-corrected chi connectivity index (χ0v) is 11.6. The second kappa shape index (κ2) is 6.06. The molecule has 108 valence electrons. The number of halogens is 1. The quantitative estimate of drug-likeness (QED) is 0.888. The Bertz CT molecular complexity index is 668. The number of sulfonamides is 1. The van der Waals surface area contributed by atoms with Gasteiger partial charge in [0.15, 0.2) is 11.6 Å². The number of hydrogen-bond donors (Lipinski definition) is 1. The van der Waals surface area contributed by atoms with Crippen LogP contribution >= 0.6 is 0 Å². The molecule has 0 fully saturated rings. The van der Waals surface area contributed by atoms with Crippen LogP contribution in [0.4, 0.5) is 4.39 Å². The molecule has 0 spiro atoms. The normalized spacial score (nSPS) is 11.5. The van der Waals surface area contributed by atoms with Gasteiger partial charge < -0.3 is 9.15 Å². The molecular formula is C13H14FNO4S. The summed E-state index contributed by atoms with van der Waals surface area (Å²) in [7, 11) is -3.75. The first-order valence-electron chi connectivity index (χ1n) is 5.97. The molecule has 1 heterocycles. The molecule has 2 rings (SSSR count). The molecule has 0 aliphatic carbocycles. The summed E-state index contributed by atoms with van der Waals surface area (Å²) in [5.74, 6) is -0.203. The van der Waals surface area contributed by atoms with E-state index in [0.717, 1.165) is 12.1 Å². The molecule has 20 heavy (non-hydrogen) atoms. The molecule has 1 aromatic carbocycles. The lowest BCUT2D eigenvalue weighted by atomic mass is 10.3. The largest absolute Gasteiger partial charge is 0.491 e. The first-order valence-corrected chi connectivity index (χ1v) is 7.45. The van der Waals surface area contributed by atoms with Crippen LogP contribution in [0.15, 0.2) is 45.9 Å². The minimum Gasteiger partial charge on any atom is -0.491 e. The van der Waals surface area contributed by atoms with Gasteiger partial charge in [-0.25, -0.2) is 17.5 Å². The predicted octanol–water partition coefficient (Wildman–Crippen LogP) is 2.30. The number of furan rings is 1. The maximum Gasteiger partial charge on any atom is 0.241 e. The summed E-state index contributed by atoms with van der Waals surface area (Å²) in [5, 5.41) is 0. The highest BCUT2D eigenvalue weighted by molar-refractivity contribution is 7.89. The van der Waals surface area contributed by atoms with Crippen molar-refractivity contribution in [3.05, 3.63) is 48.2 Å². The van der Waals surface area contributed by atoms with E-state index in [-0.39, 0.29) is 23.8 Å². The van der Waals surface area contributed by atoms with E-state index in [0.29, 0.717) is 5.76 Å². The average Bonchev–Trinajstić information content (AvgIpc) is 2.92. The van der Waals surface area contributed by atoms with Crippen LogP contribution in [0, 0.1) is 5.82 Å². The van der Waals surface area contributed by atoms with Gasteiger partial charge in [0.25, 0.3) is 0 Å². The Balaban J connectivity index is 2.18. The van der Waals surface area contributed by atoms with E-state index in [1.54, 1.807) is 19.1 Å². The predicted molar refractivity (Wildman–Crippen MR) is 70.3 cm³/mol. The van der Waals surface area contributed by atoms with Gasteiger partial charge in [0, 0.05) is 6.07 Å². The second-order valence-corrected chi connectivity index (χ2v) is 5.70. The molecule has 1 N–H and O–H groups in total. The third-order valence-corrected chi connectivity index (χ3v) is 3.93. The Morgan fingerprint density at radius 1 is 1.35 bits per heavy atom. The summed E-state index contributed by atoms with van der Waals surface area (Å²) in [6.45, 7) is 1.96. The van der Waals surface area contributed by atoms with Crippen LogP contribution in [0.25, 0.3) is 0 Å². The molecule has 0 saturated carbocycles. The first-order chi connectivity index (χ1) is 9.53. The topological polar surface area (TPSA) is 68.5 Å². The summed E-state index contributed by atoms with van der Waals surface area (Å²) in [5.41, 5.74) is 0. The third-order valence-electron chi connectivity index (χ3n) is 2.53. The average molecular weight is 299 g/mol. The van der Waals surface area contributed by atoms with Crippen molar-refractivity contribution in [3.63, 3.8) is 0 Å². The van der Waals surface area contributed by atoms with Gasteiger partial charge in [-0.15, -0.1) is 0 Å². The zero-order valence-electron chi connectivity index (χ0n) is 10.8. The fraction of sp³-hybridized carbons (Fsp3) is 0.231. The molecule has 0 unspecified atom stereocenters. The van der Waals surface area contributed by atoms with Crippen molar-refractivity contribution in [2.75, 3.05) is 6.61 Å². The lowest BCUT2D eigenvalue weighted by Gasteiger charge is -2.09. The van der Waals surface area contributed by atoms with E-state index < -0.39 is 15.8 Å². The minimum absolute atomic E-state index is 0.0245. The van der Waals surface area contributed by atoms with Crippen LogP contribution in [0.2, 0.25) is 0 Å². The van der Waals surface area contributed by atoms with Crippen molar-refractivity contribution < 1.29 is 22.0 Å². The molecule has 2 aromatic rings. The van der Waals surface area contributed by atoms with Gasteiger partial charge in [-0.2, -0.15) is 0 Å². The van der Waals surface area contributed by atoms with E-state index in [1.165, 1.54) is 12.3 Å². The highest BCUT2D eigenvalue weighted by atomic mass is 32.2. The lowest BCUT2D eigenvalue weighted by Crippen LogP contribution is -2.23. The van der Waals surface area contributed by atoms with Crippen molar-refractivity contribution in [1.82, 2.24) is 4.72 Å².